The number of rotatable bonds is 3. The average Bonchev–Trinajstić information content (AvgIpc) is 2.04. The molecule has 0 radical (unpaired) electrons. The molecule has 0 unspecified atom stereocenters. The first-order valence-electron chi connectivity index (χ1n) is 2.78. The Bertz CT molecular complexity index is 198. The van der Waals surface area contributed by atoms with E-state index < -0.39 is 11.9 Å². The normalized spacial score (nSPS) is 7.42. The van der Waals surface area contributed by atoms with Crippen LogP contribution in [0.1, 0.15) is 0 Å². The molecule has 0 atom stereocenters. The molecule has 0 aromatic carbocycles. The maximum Gasteiger partial charge on any atom is 0.331 e. The minimum atomic E-state index is -0.981. The molecule has 0 aliphatic carbocycles. The highest BCUT2D eigenvalue weighted by molar-refractivity contribution is 9.09. The predicted octanol–water partition coefficient (Wildman–Crippen LogP) is 1.28. The summed E-state index contributed by atoms with van der Waals surface area (Å²) in [5.41, 5.74) is 0.181. The number of carbonyl (C=O) groups is 2. The van der Waals surface area contributed by atoms with E-state index in [0.29, 0.717) is 5.33 Å². The smallest absolute Gasteiger partial charge is 0.331 e. The fraction of sp³-hybridized carbons (Fsp3) is 0.143. The Labute approximate surface area is 78.3 Å². The van der Waals surface area contributed by atoms with Gasteiger partial charge in [-0.2, -0.15) is 0 Å². The molecule has 0 aromatic heterocycles. The van der Waals surface area contributed by atoms with Crippen LogP contribution in [0.5, 0.6) is 0 Å². The molecule has 2 N–H and O–H groups in total. The van der Waals surface area contributed by atoms with Crippen molar-refractivity contribution in [2.24, 2.45) is 0 Å². The second-order valence-electron chi connectivity index (χ2n) is 1.58. The van der Waals surface area contributed by atoms with Crippen LogP contribution in [0.2, 0.25) is 0 Å². The Balaban J connectivity index is 0. The Morgan fingerprint density at radius 2 is 1.75 bits per heavy atom. The van der Waals surface area contributed by atoms with E-state index in [0.717, 1.165) is 6.08 Å². The number of halogens is 1. The topological polar surface area (TPSA) is 74.6 Å². The lowest BCUT2D eigenvalue weighted by Gasteiger charge is -1.86. The SMILES string of the molecule is C=C(CBr)C(=O)O.C=CC(=O)O. The second-order valence-corrected chi connectivity index (χ2v) is 2.15. The third kappa shape index (κ3) is 11.7. The van der Waals surface area contributed by atoms with Crippen molar-refractivity contribution in [3.05, 3.63) is 24.8 Å². The minimum Gasteiger partial charge on any atom is -0.478 e. The van der Waals surface area contributed by atoms with Gasteiger partial charge in [-0.05, 0) is 0 Å². The largest absolute Gasteiger partial charge is 0.478 e. The lowest BCUT2D eigenvalue weighted by atomic mass is 10.4. The first-order valence-corrected chi connectivity index (χ1v) is 3.90. The van der Waals surface area contributed by atoms with Gasteiger partial charge in [0.15, 0.2) is 0 Å². The highest BCUT2D eigenvalue weighted by Crippen LogP contribution is 1.93. The van der Waals surface area contributed by atoms with Crippen LogP contribution in [-0.4, -0.2) is 27.5 Å². The molecule has 0 saturated carbocycles. The molecule has 0 heterocycles. The van der Waals surface area contributed by atoms with Crippen molar-refractivity contribution in [1.82, 2.24) is 0 Å². The van der Waals surface area contributed by atoms with Crippen LogP contribution >= 0.6 is 15.9 Å². The maximum atomic E-state index is 9.80. The number of carboxylic acids is 2. The van der Waals surface area contributed by atoms with Gasteiger partial charge in [0.1, 0.15) is 0 Å². The Morgan fingerprint density at radius 1 is 1.42 bits per heavy atom. The highest BCUT2D eigenvalue weighted by Gasteiger charge is 1.97. The number of carboxylic acid groups (broad SMARTS) is 2. The van der Waals surface area contributed by atoms with Crippen molar-refractivity contribution < 1.29 is 19.8 Å². The Hall–Kier alpha value is -1.10. The molecule has 0 amide bonds. The van der Waals surface area contributed by atoms with Crippen LogP contribution in [0.15, 0.2) is 24.8 Å². The molecule has 0 saturated heterocycles. The number of hydrogen-bond acceptors (Lipinski definition) is 2. The standard InChI is InChI=1S/C4H5BrO2.C3H4O2/c1-3(2-5)4(6)7;1-2-3(4)5/h1-2H2,(H,6,7);2H,1H2,(H,4,5). The summed E-state index contributed by atoms with van der Waals surface area (Å²) >= 11 is 2.93. The number of alkyl halides is 1. The molecule has 0 spiro atoms. The van der Waals surface area contributed by atoms with Gasteiger partial charge in [-0.3, -0.25) is 0 Å². The van der Waals surface area contributed by atoms with Crippen molar-refractivity contribution in [3.8, 4) is 0 Å². The summed E-state index contributed by atoms with van der Waals surface area (Å²) in [5.74, 6) is -1.93. The van der Waals surface area contributed by atoms with E-state index in [-0.39, 0.29) is 5.57 Å². The quantitative estimate of drug-likeness (QED) is 0.572. The molecule has 0 bridgehead atoms. The van der Waals surface area contributed by atoms with Crippen LogP contribution in [0.4, 0.5) is 0 Å². The first-order chi connectivity index (χ1) is 5.45. The first kappa shape index (κ1) is 13.5. The van der Waals surface area contributed by atoms with Gasteiger partial charge in [-0.1, -0.05) is 29.1 Å². The molecule has 0 rings (SSSR count). The summed E-state index contributed by atoms with van der Waals surface area (Å²) in [6, 6.07) is 0. The molecule has 0 aliphatic heterocycles. The van der Waals surface area contributed by atoms with E-state index >= 15 is 0 Å². The second kappa shape index (κ2) is 8.00. The van der Waals surface area contributed by atoms with Crippen molar-refractivity contribution in [3.63, 3.8) is 0 Å². The van der Waals surface area contributed by atoms with Crippen molar-refractivity contribution in [2.45, 2.75) is 0 Å². The summed E-state index contributed by atoms with van der Waals surface area (Å²) in [4.78, 5) is 19.1. The van der Waals surface area contributed by atoms with Crippen molar-refractivity contribution in [2.75, 3.05) is 5.33 Å². The van der Waals surface area contributed by atoms with Gasteiger partial charge in [0.2, 0.25) is 0 Å². The van der Waals surface area contributed by atoms with Gasteiger partial charge >= 0.3 is 11.9 Å². The van der Waals surface area contributed by atoms with Crippen LogP contribution in [0.25, 0.3) is 0 Å². The van der Waals surface area contributed by atoms with Gasteiger partial charge in [0, 0.05) is 17.0 Å². The summed E-state index contributed by atoms with van der Waals surface area (Å²) in [7, 11) is 0. The minimum absolute atomic E-state index is 0.181. The summed E-state index contributed by atoms with van der Waals surface area (Å²) < 4.78 is 0. The summed E-state index contributed by atoms with van der Waals surface area (Å²) in [6.07, 6.45) is 0.833. The van der Waals surface area contributed by atoms with Crippen LogP contribution < -0.4 is 0 Å². The maximum absolute atomic E-state index is 9.80. The van der Waals surface area contributed by atoms with Crippen molar-refractivity contribution >= 4 is 27.9 Å². The van der Waals surface area contributed by atoms with Crippen LogP contribution in [0, 0.1) is 0 Å². The fourth-order valence-corrected chi connectivity index (χ4v) is 0.297. The molecule has 4 nitrogen and oxygen atoms in total. The fourth-order valence-electron chi connectivity index (χ4n) is 0.0572. The Kier molecular flexibility index (Phi) is 8.99. The number of aliphatic carboxylic acids is 2. The molecule has 12 heavy (non-hydrogen) atoms. The number of hydrogen-bond donors (Lipinski definition) is 2. The van der Waals surface area contributed by atoms with Gasteiger partial charge < -0.3 is 10.2 Å². The summed E-state index contributed by atoms with van der Waals surface area (Å²) in [6.45, 7) is 6.19. The zero-order valence-corrected chi connectivity index (χ0v) is 7.87. The predicted molar refractivity (Wildman–Crippen MR) is 48.4 cm³/mol. The monoisotopic (exact) mass is 236 g/mol. The van der Waals surface area contributed by atoms with E-state index in [9.17, 15) is 9.59 Å². The van der Waals surface area contributed by atoms with Gasteiger partial charge in [0.05, 0.1) is 0 Å². The molecule has 0 aliphatic rings. The lowest BCUT2D eigenvalue weighted by molar-refractivity contribution is -0.133. The lowest BCUT2D eigenvalue weighted by Crippen LogP contribution is -1.98. The zero-order valence-electron chi connectivity index (χ0n) is 6.29. The molecular formula is C7H9BrO4. The zero-order chi connectivity index (χ0) is 10.1. The van der Waals surface area contributed by atoms with Gasteiger partial charge in [0.25, 0.3) is 0 Å². The van der Waals surface area contributed by atoms with Crippen LogP contribution in [0.3, 0.4) is 0 Å². The van der Waals surface area contributed by atoms with Gasteiger partial charge in [-0.25, -0.2) is 9.59 Å². The van der Waals surface area contributed by atoms with E-state index in [1.165, 1.54) is 0 Å². The molecule has 0 fully saturated rings. The molecule has 68 valence electrons. The third-order valence-electron chi connectivity index (χ3n) is 0.638. The highest BCUT2D eigenvalue weighted by atomic mass is 79.9. The Morgan fingerprint density at radius 3 is 1.75 bits per heavy atom. The van der Waals surface area contributed by atoms with E-state index in [2.05, 4.69) is 29.1 Å². The van der Waals surface area contributed by atoms with E-state index in [1.54, 1.807) is 0 Å². The molecule has 5 heteroatoms. The van der Waals surface area contributed by atoms with Gasteiger partial charge in [-0.15, -0.1) is 0 Å². The summed E-state index contributed by atoms with van der Waals surface area (Å²) in [5, 5.41) is 16.0. The van der Waals surface area contributed by atoms with Crippen molar-refractivity contribution in [1.29, 1.82) is 0 Å². The van der Waals surface area contributed by atoms with E-state index in [4.69, 9.17) is 10.2 Å². The average molecular weight is 237 g/mol. The van der Waals surface area contributed by atoms with Crippen LogP contribution in [-0.2, 0) is 9.59 Å². The van der Waals surface area contributed by atoms with E-state index in [1.807, 2.05) is 0 Å². The third-order valence-corrected chi connectivity index (χ3v) is 1.32. The molecule has 0 aromatic rings. The molecular weight excluding hydrogens is 228 g/mol.